The second-order valence-electron chi connectivity index (χ2n) is 4.92. The summed E-state index contributed by atoms with van der Waals surface area (Å²) >= 11 is 1.77. The number of nitrogen functional groups attached to an aromatic ring is 1. The number of aryl methyl sites for hydroxylation is 2. The molecule has 3 heteroatoms. The van der Waals surface area contributed by atoms with Crippen molar-refractivity contribution in [1.82, 2.24) is 4.98 Å². The Morgan fingerprint density at radius 2 is 1.80 bits per heavy atom. The zero-order valence-electron chi connectivity index (χ0n) is 11.6. The van der Waals surface area contributed by atoms with E-state index in [9.17, 15) is 0 Å². The van der Waals surface area contributed by atoms with Crippen molar-refractivity contribution in [3.8, 4) is 0 Å². The van der Waals surface area contributed by atoms with Crippen LogP contribution in [0.4, 0.5) is 5.69 Å². The van der Waals surface area contributed by atoms with E-state index < -0.39 is 0 Å². The number of pyridine rings is 1. The summed E-state index contributed by atoms with van der Waals surface area (Å²) in [5.74, 6) is 0. The van der Waals surface area contributed by atoms with Gasteiger partial charge in [0.05, 0.1) is 0 Å². The van der Waals surface area contributed by atoms with E-state index >= 15 is 0 Å². The maximum absolute atomic E-state index is 6.01. The van der Waals surface area contributed by atoms with Crippen molar-refractivity contribution < 1.29 is 0 Å². The molecular weight excluding hydrogens is 264 g/mol. The molecule has 0 atom stereocenters. The third-order valence-electron chi connectivity index (χ3n) is 3.52. The molecule has 0 fully saturated rings. The predicted octanol–water partition coefficient (Wildman–Crippen LogP) is 4.59. The lowest BCUT2D eigenvalue weighted by molar-refractivity contribution is 1.27. The molecule has 20 heavy (non-hydrogen) atoms. The van der Waals surface area contributed by atoms with Gasteiger partial charge in [-0.1, -0.05) is 17.8 Å². The van der Waals surface area contributed by atoms with Crippen LogP contribution in [-0.4, -0.2) is 4.98 Å². The topological polar surface area (TPSA) is 38.9 Å². The number of nitrogens with two attached hydrogens (primary N) is 1. The highest BCUT2D eigenvalue weighted by atomic mass is 32.2. The average Bonchev–Trinajstić information content (AvgIpc) is 2.46. The molecule has 0 aliphatic heterocycles. The van der Waals surface area contributed by atoms with Crippen molar-refractivity contribution in [2.75, 3.05) is 5.73 Å². The Hall–Kier alpha value is -2.00. The maximum atomic E-state index is 6.01. The van der Waals surface area contributed by atoms with Gasteiger partial charge in [0.2, 0.25) is 0 Å². The Balaban J connectivity index is 2.06. The monoisotopic (exact) mass is 280 g/mol. The molecule has 100 valence electrons. The molecule has 0 bridgehead atoms. The van der Waals surface area contributed by atoms with Crippen LogP contribution < -0.4 is 5.73 Å². The minimum atomic E-state index is 0.775. The van der Waals surface area contributed by atoms with Gasteiger partial charge in [-0.15, -0.1) is 0 Å². The number of hydrogen-bond acceptors (Lipinski definition) is 3. The zero-order valence-corrected chi connectivity index (χ0v) is 12.4. The first-order chi connectivity index (χ1) is 9.65. The number of rotatable bonds is 2. The first-order valence-corrected chi connectivity index (χ1v) is 7.34. The molecule has 3 rings (SSSR count). The molecule has 2 nitrogen and oxygen atoms in total. The first-order valence-electron chi connectivity index (χ1n) is 6.52. The van der Waals surface area contributed by atoms with Gasteiger partial charge < -0.3 is 5.73 Å². The molecule has 0 saturated heterocycles. The van der Waals surface area contributed by atoms with Gasteiger partial charge in [-0.05, 0) is 55.3 Å². The van der Waals surface area contributed by atoms with Crippen LogP contribution in [-0.2, 0) is 0 Å². The van der Waals surface area contributed by atoms with Gasteiger partial charge in [-0.3, -0.25) is 4.98 Å². The largest absolute Gasteiger partial charge is 0.398 e. The van der Waals surface area contributed by atoms with E-state index in [1.54, 1.807) is 11.8 Å². The van der Waals surface area contributed by atoms with E-state index in [-0.39, 0.29) is 0 Å². The van der Waals surface area contributed by atoms with Gasteiger partial charge in [0, 0.05) is 38.6 Å². The molecule has 1 aromatic heterocycles. The van der Waals surface area contributed by atoms with E-state index in [2.05, 4.69) is 43.1 Å². The minimum Gasteiger partial charge on any atom is -0.398 e. The van der Waals surface area contributed by atoms with Crippen LogP contribution in [0.25, 0.3) is 10.8 Å². The Kier molecular flexibility index (Phi) is 3.36. The van der Waals surface area contributed by atoms with Crippen LogP contribution in [0, 0.1) is 13.8 Å². The Morgan fingerprint density at radius 3 is 2.60 bits per heavy atom. The molecule has 0 spiro atoms. The number of anilines is 1. The van der Waals surface area contributed by atoms with Crippen LogP contribution in [0.1, 0.15) is 11.1 Å². The van der Waals surface area contributed by atoms with E-state index in [4.69, 9.17) is 5.73 Å². The summed E-state index contributed by atoms with van der Waals surface area (Å²) < 4.78 is 0. The van der Waals surface area contributed by atoms with Gasteiger partial charge in [0.25, 0.3) is 0 Å². The molecule has 0 saturated carbocycles. The van der Waals surface area contributed by atoms with Gasteiger partial charge >= 0.3 is 0 Å². The van der Waals surface area contributed by atoms with Gasteiger partial charge in [0.15, 0.2) is 0 Å². The van der Waals surface area contributed by atoms with Crippen LogP contribution >= 0.6 is 11.8 Å². The summed E-state index contributed by atoms with van der Waals surface area (Å²) in [4.78, 5) is 6.61. The van der Waals surface area contributed by atoms with Crippen molar-refractivity contribution in [2.45, 2.75) is 23.6 Å². The molecule has 1 heterocycles. The van der Waals surface area contributed by atoms with Crippen LogP contribution in [0.2, 0.25) is 0 Å². The Bertz CT molecular complexity index is 781. The first kappa shape index (κ1) is 13.0. The molecule has 2 N–H and O–H groups in total. The van der Waals surface area contributed by atoms with Crippen LogP contribution in [0.3, 0.4) is 0 Å². The van der Waals surface area contributed by atoms with Gasteiger partial charge in [0.1, 0.15) is 0 Å². The summed E-state index contributed by atoms with van der Waals surface area (Å²) in [6, 6.07) is 12.6. The van der Waals surface area contributed by atoms with Crippen LogP contribution in [0.5, 0.6) is 0 Å². The molecule has 0 amide bonds. The number of fused-ring (bicyclic) bond motifs is 1. The molecule has 0 unspecified atom stereocenters. The van der Waals surface area contributed by atoms with Crippen LogP contribution in [0.15, 0.2) is 58.6 Å². The lowest BCUT2D eigenvalue weighted by Crippen LogP contribution is -1.89. The second-order valence-corrected chi connectivity index (χ2v) is 6.04. The summed E-state index contributed by atoms with van der Waals surface area (Å²) in [6.07, 6.45) is 3.64. The summed E-state index contributed by atoms with van der Waals surface area (Å²) in [7, 11) is 0. The van der Waals surface area contributed by atoms with E-state index in [0.717, 1.165) is 16.5 Å². The molecule has 2 aromatic carbocycles. The lowest BCUT2D eigenvalue weighted by Gasteiger charge is -2.09. The summed E-state index contributed by atoms with van der Waals surface area (Å²) in [6.45, 7) is 4.28. The smallest absolute Gasteiger partial charge is 0.0410 e. The number of aromatic nitrogens is 1. The van der Waals surface area contributed by atoms with Crippen molar-refractivity contribution in [3.63, 3.8) is 0 Å². The van der Waals surface area contributed by atoms with Gasteiger partial charge in [-0.25, -0.2) is 0 Å². The molecule has 0 aliphatic rings. The molecule has 0 radical (unpaired) electrons. The zero-order chi connectivity index (χ0) is 14.1. The third kappa shape index (κ3) is 2.37. The van der Waals surface area contributed by atoms with Crippen molar-refractivity contribution in [3.05, 3.63) is 59.9 Å². The highest BCUT2D eigenvalue weighted by Gasteiger charge is 2.06. The molecular formula is C17H16N2S. The molecule has 3 aromatic rings. The lowest BCUT2D eigenvalue weighted by atomic mass is 10.1. The average molecular weight is 280 g/mol. The highest BCUT2D eigenvalue weighted by molar-refractivity contribution is 7.99. The van der Waals surface area contributed by atoms with Crippen molar-refractivity contribution >= 4 is 28.2 Å². The van der Waals surface area contributed by atoms with E-state index in [1.807, 2.05) is 24.5 Å². The standard InChI is InChI=1S/C17H16N2S/c1-11-3-4-13(9-12(11)2)20-17-6-5-16(18)15-10-19-8-7-14(15)17/h3-10H,18H2,1-2H3. The quantitative estimate of drug-likeness (QED) is 0.698. The fraction of sp³-hybridized carbons (Fsp3) is 0.118. The maximum Gasteiger partial charge on any atom is 0.0410 e. The highest BCUT2D eigenvalue weighted by Crippen LogP contribution is 2.35. The molecule has 0 aliphatic carbocycles. The van der Waals surface area contributed by atoms with E-state index in [1.165, 1.54) is 20.9 Å². The minimum absolute atomic E-state index is 0.775. The van der Waals surface area contributed by atoms with Gasteiger partial charge in [-0.2, -0.15) is 0 Å². The van der Waals surface area contributed by atoms with E-state index in [0.29, 0.717) is 0 Å². The third-order valence-corrected chi connectivity index (χ3v) is 4.58. The number of nitrogens with zero attached hydrogens (tertiary/aromatic N) is 1. The SMILES string of the molecule is Cc1ccc(Sc2ccc(N)c3cnccc23)cc1C. The van der Waals surface area contributed by atoms with Crippen molar-refractivity contribution in [2.24, 2.45) is 0 Å². The normalized spacial score (nSPS) is 10.9. The Labute approximate surface area is 123 Å². The second kappa shape index (κ2) is 5.17. The number of benzene rings is 2. The fourth-order valence-electron chi connectivity index (χ4n) is 2.18. The van der Waals surface area contributed by atoms with Crippen molar-refractivity contribution in [1.29, 1.82) is 0 Å². The number of hydrogen-bond donors (Lipinski definition) is 1. The summed E-state index contributed by atoms with van der Waals surface area (Å²) in [5, 5.41) is 2.17. The fourth-order valence-corrected chi connectivity index (χ4v) is 3.23. The summed E-state index contributed by atoms with van der Waals surface area (Å²) in [5.41, 5.74) is 9.42. The predicted molar refractivity (Wildman–Crippen MR) is 86.2 cm³/mol. The Morgan fingerprint density at radius 1 is 0.950 bits per heavy atom.